The topological polar surface area (TPSA) is 59.8 Å². The molecule has 5 nitrogen and oxygen atoms in total. The van der Waals surface area contributed by atoms with Crippen LogP contribution in [0.3, 0.4) is 0 Å². The molecule has 144 valence electrons. The van der Waals surface area contributed by atoms with Gasteiger partial charge in [0, 0.05) is 30.4 Å². The molecule has 0 atom stereocenters. The van der Waals surface area contributed by atoms with Crippen molar-refractivity contribution in [2.75, 3.05) is 6.54 Å². The van der Waals surface area contributed by atoms with Gasteiger partial charge in [-0.2, -0.15) is 5.10 Å². The first-order valence-electron chi connectivity index (χ1n) is 9.31. The summed E-state index contributed by atoms with van der Waals surface area (Å²) in [7, 11) is 0. The van der Waals surface area contributed by atoms with Crippen molar-refractivity contribution in [3.05, 3.63) is 102 Å². The van der Waals surface area contributed by atoms with Crippen LogP contribution in [-0.4, -0.2) is 27.2 Å². The fraction of sp³-hybridized carbons (Fsp3) is 0.0870. The van der Waals surface area contributed by atoms with Crippen molar-refractivity contribution in [1.29, 1.82) is 0 Å². The molecule has 0 fully saturated rings. The number of aromatic nitrogens is 3. The van der Waals surface area contributed by atoms with E-state index in [1.165, 1.54) is 10.7 Å². The van der Waals surface area contributed by atoms with E-state index >= 15 is 0 Å². The van der Waals surface area contributed by atoms with Crippen LogP contribution in [0.4, 0.5) is 4.39 Å². The van der Waals surface area contributed by atoms with Crippen LogP contribution < -0.4 is 5.32 Å². The van der Waals surface area contributed by atoms with Gasteiger partial charge in [-0.25, -0.2) is 9.07 Å². The minimum Gasteiger partial charge on any atom is -0.350 e. The standard InChI is InChI=1S/C23H19FN4O/c24-20-12-5-4-11-19(20)21-16-22(28(27-21)18-9-2-1-3-10-18)23(29)26-15-13-17-8-6-7-14-25-17/h1-12,14,16H,13,15H2,(H,26,29). The molecule has 4 aromatic rings. The van der Waals surface area contributed by atoms with Crippen molar-refractivity contribution in [2.24, 2.45) is 0 Å². The molecule has 2 heterocycles. The van der Waals surface area contributed by atoms with Gasteiger partial charge in [0.15, 0.2) is 0 Å². The monoisotopic (exact) mass is 386 g/mol. The number of halogens is 1. The Labute approximate surface area is 167 Å². The summed E-state index contributed by atoms with van der Waals surface area (Å²) >= 11 is 0. The van der Waals surface area contributed by atoms with Crippen LogP contribution in [-0.2, 0) is 6.42 Å². The van der Waals surface area contributed by atoms with Crippen LogP contribution in [0, 0.1) is 5.82 Å². The predicted molar refractivity (Wildman–Crippen MR) is 109 cm³/mol. The Hall–Kier alpha value is -3.80. The third-order valence-electron chi connectivity index (χ3n) is 4.49. The lowest BCUT2D eigenvalue weighted by Crippen LogP contribution is -2.28. The summed E-state index contributed by atoms with van der Waals surface area (Å²) < 4.78 is 15.8. The minimum atomic E-state index is -0.382. The first kappa shape index (κ1) is 18.6. The maximum atomic E-state index is 14.3. The molecule has 0 spiro atoms. The summed E-state index contributed by atoms with van der Waals surface area (Å²) in [5, 5.41) is 7.41. The van der Waals surface area contributed by atoms with Crippen LogP contribution in [0.15, 0.2) is 85.1 Å². The summed E-state index contributed by atoms with van der Waals surface area (Å²) in [5.74, 6) is -0.660. The molecular formula is C23H19FN4O. The largest absolute Gasteiger partial charge is 0.350 e. The fourth-order valence-corrected chi connectivity index (χ4v) is 3.05. The zero-order valence-corrected chi connectivity index (χ0v) is 15.6. The van der Waals surface area contributed by atoms with Crippen molar-refractivity contribution < 1.29 is 9.18 Å². The van der Waals surface area contributed by atoms with Gasteiger partial charge in [-0.1, -0.05) is 36.4 Å². The van der Waals surface area contributed by atoms with E-state index in [-0.39, 0.29) is 11.7 Å². The summed E-state index contributed by atoms with van der Waals surface area (Å²) in [6.45, 7) is 0.435. The molecule has 2 aromatic heterocycles. The number of carbonyl (C=O) groups excluding carboxylic acids is 1. The third kappa shape index (κ3) is 4.21. The van der Waals surface area contributed by atoms with Crippen molar-refractivity contribution in [2.45, 2.75) is 6.42 Å². The Bertz CT molecular complexity index is 1110. The summed E-state index contributed by atoms with van der Waals surface area (Å²) in [6, 6.07) is 23.0. The van der Waals surface area contributed by atoms with E-state index in [2.05, 4.69) is 15.4 Å². The molecule has 29 heavy (non-hydrogen) atoms. The number of para-hydroxylation sites is 1. The number of nitrogens with one attached hydrogen (secondary N) is 1. The molecular weight excluding hydrogens is 367 g/mol. The van der Waals surface area contributed by atoms with Gasteiger partial charge in [-0.05, 0) is 42.5 Å². The second-order valence-electron chi connectivity index (χ2n) is 6.47. The molecule has 0 radical (unpaired) electrons. The van der Waals surface area contributed by atoms with E-state index in [4.69, 9.17) is 0 Å². The highest BCUT2D eigenvalue weighted by atomic mass is 19.1. The van der Waals surface area contributed by atoms with E-state index in [0.29, 0.717) is 29.9 Å². The lowest BCUT2D eigenvalue weighted by molar-refractivity contribution is 0.0946. The van der Waals surface area contributed by atoms with E-state index in [9.17, 15) is 9.18 Å². The van der Waals surface area contributed by atoms with Gasteiger partial charge < -0.3 is 5.32 Å². The highest BCUT2D eigenvalue weighted by molar-refractivity contribution is 5.94. The number of carbonyl (C=O) groups is 1. The van der Waals surface area contributed by atoms with Crippen molar-refractivity contribution in [3.8, 4) is 16.9 Å². The summed E-state index contributed by atoms with van der Waals surface area (Å²) in [6.07, 6.45) is 2.34. The molecule has 0 aliphatic carbocycles. The smallest absolute Gasteiger partial charge is 0.270 e. The van der Waals surface area contributed by atoms with Crippen LogP contribution in [0.25, 0.3) is 16.9 Å². The molecule has 1 N–H and O–H groups in total. The number of hydrogen-bond acceptors (Lipinski definition) is 3. The quantitative estimate of drug-likeness (QED) is 0.544. The van der Waals surface area contributed by atoms with Crippen LogP contribution in [0.1, 0.15) is 16.2 Å². The van der Waals surface area contributed by atoms with Crippen LogP contribution in [0.2, 0.25) is 0 Å². The molecule has 2 aromatic carbocycles. The predicted octanol–water partition coefficient (Wildman–Crippen LogP) is 4.05. The number of rotatable bonds is 6. The molecule has 1 amide bonds. The summed E-state index contributed by atoms with van der Waals surface area (Å²) in [5.41, 5.74) is 2.73. The second-order valence-corrected chi connectivity index (χ2v) is 6.47. The molecule has 0 bridgehead atoms. The second kappa shape index (κ2) is 8.48. The maximum absolute atomic E-state index is 14.3. The number of nitrogens with zero attached hydrogens (tertiary/aromatic N) is 3. The minimum absolute atomic E-state index is 0.278. The van der Waals surface area contributed by atoms with Gasteiger partial charge in [0.2, 0.25) is 0 Å². The molecule has 4 rings (SSSR count). The fourth-order valence-electron chi connectivity index (χ4n) is 3.05. The van der Waals surface area contributed by atoms with Crippen molar-refractivity contribution in [1.82, 2.24) is 20.1 Å². The van der Waals surface area contributed by atoms with E-state index in [0.717, 1.165) is 11.4 Å². The normalized spacial score (nSPS) is 10.7. The van der Waals surface area contributed by atoms with E-state index in [1.807, 2.05) is 48.5 Å². The maximum Gasteiger partial charge on any atom is 0.270 e. The summed E-state index contributed by atoms with van der Waals surface area (Å²) in [4.78, 5) is 17.1. The Balaban J connectivity index is 1.62. The number of pyridine rings is 1. The van der Waals surface area contributed by atoms with Gasteiger partial charge >= 0.3 is 0 Å². The Morgan fingerprint density at radius 3 is 2.48 bits per heavy atom. The first-order valence-corrected chi connectivity index (χ1v) is 9.31. The molecule has 6 heteroatoms. The molecule has 0 aliphatic rings. The highest BCUT2D eigenvalue weighted by Crippen LogP contribution is 2.24. The van der Waals surface area contributed by atoms with Gasteiger partial charge in [0.05, 0.1) is 11.4 Å². The van der Waals surface area contributed by atoms with Crippen molar-refractivity contribution >= 4 is 5.91 Å². The Morgan fingerprint density at radius 2 is 1.72 bits per heavy atom. The lowest BCUT2D eigenvalue weighted by Gasteiger charge is -2.08. The number of benzene rings is 2. The zero-order valence-electron chi connectivity index (χ0n) is 15.6. The SMILES string of the molecule is O=C(NCCc1ccccn1)c1cc(-c2ccccc2F)nn1-c1ccccc1. The zero-order chi connectivity index (χ0) is 20.1. The lowest BCUT2D eigenvalue weighted by atomic mass is 10.1. The number of hydrogen-bond donors (Lipinski definition) is 1. The van der Waals surface area contributed by atoms with Gasteiger partial charge in [-0.15, -0.1) is 0 Å². The van der Waals surface area contributed by atoms with Gasteiger partial charge in [0.25, 0.3) is 5.91 Å². The van der Waals surface area contributed by atoms with E-state index < -0.39 is 0 Å². The molecule has 0 aliphatic heterocycles. The Kier molecular flexibility index (Phi) is 5.42. The molecule has 0 saturated carbocycles. The average Bonchev–Trinajstić information content (AvgIpc) is 3.21. The van der Waals surface area contributed by atoms with Crippen LogP contribution in [0.5, 0.6) is 0 Å². The van der Waals surface area contributed by atoms with Gasteiger partial charge in [-0.3, -0.25) is 9.78 Å². The number of amides is 1. The van der Waals surface area contributed by atoms with Crippen LogP contribution >= 0.6 is 0 Å². The highest BCUT2D eigenvalue weighted by Gasteiger charge is 2.18. The molecule has 0 saturated heterocycles. The average molecular weight is 386 g/mol. The van der Waals surface area contributed by atoms with E-state index in [1.54, 1.807) is 30.5 Å². The third-order valence-corrected chi connectivity index (χ3v) is 4.49. The van der Waals surface area contributed by atoms with Gasteiger partial charge in [0.1, 0.15) is 11.5 Å². The molecule has 0 unspecified atom stereocenters. The van der Waals surface area contributed by atoms with Crippen molar-refractivity contribution in [3.63, 3.8) is 0 Å². The first-order chi connectivity index (χ1) is 14.2. The Morgan fingerprint density at radius 1 is 0.966 bits per heavy atom.